The Hall–Kier alpha value is -1.82. The summed E-state index contributed by atoms with van der Waals surface area (Å²) in [7, 11) is 1.34. The van der Waals surface area contributed by atoms with E-state index >= 15 is 0 Å². The van der Waals surface area contributed by atoms with Gasteiger partial charge in [-0.05, 0) is 5.56 Å². The van der Waals surface area contributed by atoms with Gasteiger partial charge in [0, 0.05) is 0 Å². The molecule has 13 heavy (non-hydrogen) atoms. The summed E-state index contributed by atoms with van der Waals surface area (Å²) in [5.41, 5.74) is 1.22. The van der Waals surface area contributed by atoms with Gasteiger partial charge < -0.3 is 4.74 Å². The smallest absolute Gasteiger partial charge is 0.308 e. The van der Waals surface area contributed by atoms with Crippen LogP contribution in [-0.2, 0) is 16.0 Å². The van der Waals surface area contributed by atoms with E-state index in [1.54, 1.807) is 24.3 Å². The predicted octanol–water partition coefficient (Wildman–Crippen LogP) is 1.95. The molecule has 0 aliphatic heterocycles. The number of methoxy groups -OCH3 is 1. The highest BCUT2D eigenvalue weighted by molar-refractivity contribution is 5.75. The summed E-state index contributed by atoms with van der Waals surface area (Å²) < 4.78 is 4.51. The van der Waals surface area contributed by atoms with E-state index in [1.165, 1.54) is 7.11 Å². The molecule has 0 radical (unpaired) electrons. The second-order valence-electron chi connectivity index (χ2n) is 2.49. The van der Waals surface area contributed by atoms with Gasteiger partial charge in [-0.1, -0.05) is 24.3 Å². The van der Waals surface area contributed by atoms with Crippen LogP contribution in [0.15, 0.2) is 24.3 Å². The van der Waals surface area contributed by atoms with Gasteiger partial charge in [0.25, 0.3) is 0 Å². The van der Waals surface area contributed by atoms with Crippen LogP contribution in [0, 0.1) is 6.57 Å². The Morgan fingerprint density at radius 3 is 2.85 bits per heavy atom. The standard InChI is InChI=1S/C10H9NO2/c1-11-9-6-4-3-5-8(9)7-10(12)13-2/h3-6H,7H2,2H3. The highest BCUT2D eigenvalue weighted by Gasteiger charge is 2.06. The largest absolute Gasteiger partial charge is 0.469 e. The molecule has 0 saturated heterocycles. The van der Waals surface area contributed by atoms with Gasteiger partial charge in [0.1, 0.15) is 0 Å². The molecule has 0 atom stereocenters. The molecule has 1 aromatic carbocycles. The Kier molecular flexibility index (Phi) is 3.04. The van der Waals surface area contributed by atoms with Crippen molar-refractivity contribution in [2.75, 3.05) is 7.11 Å². The number of rotatable bonds is 2. The lowest BCUT2D eigenvalue weighted by atomic mass is 10.1. The van der Waals surface area contributed by atoms with Gasteiger partial charge in [0.15, 0.2) is 5.69 Å². The third kappa shape index (κ3) is 2.31. The normalized spacial score (nSPS) is 8.92. The molecule has 1 aromatic rings. The average Bonchev–Trinajstić information content (AvgIpc) is 2.18. The third-order valence-electron chi connectivity index (χ3n) is 1.67. The highest BCUT2D eigenvalue weighted by Crippen LogP contribution is 2.18. The number of ether oxygens (including phenoxy) is 1. The van der Waals surface area contributed by atoms with Gasteiger partial charge >= 0.3 is 5.97 Å². The molecule has 3 heteroatoms. The third-order valence-corrected chi connectivity index (χ3v) is 1.67. The number of hydrogen-bond acceptors (Lipinski definition) is 2. The van der Waals surface area contributed by atoms with E-state index in [4.69, 9.17) is 6.57 Å². The average molecular weight is 175 g/mol. The van der Waals surface area contributed by atoms with Crippen LogP contribution in [0.3, 0.4) is 0 Å². The summed E-state index contributed by atoms with van der Waals surface area (Å²) >= 11 is 0. The summed E-state index contributed by atoms with van der Waals surface area (Å²) in [5, 5.41) is 0. The van der Waals surface area contributed by atoms with Crippen LogP contribution >= 0.6 is 0 Å². The van der Waals surface area contributed by atoms with E-state index < -0.39 is 0 Å². The van der Waals surface area contributed by atoms with E-state index in [2.05, 4.69) is 9.58 Å². The first-order valence-electron chi connectivity index (χ1n) is 3.80. The summed E-state index contributed by atoms with van der Waals surface area (Å²) in [4.78, 5) is 14.2. The maximum absolute atomic E-state index is 10.9. The molecule has 0 spiro atoms. The molecule has 0 aliphatic rings. The van der Waals surface area contributed by atoms with Crippen LogP contribution in [-0.4, -0.2) is 13.1 Å². The molecule has 0 saturated carbocycles. The molecule has 3 nitrogen and oxygen atoms in total. The Balaban J connectivity index is 2.89. The monoisotopic (exact) mass is 175 g/mol. The Bertz CT molecular complexity index is 352. The Labute approximate surface area is 76.8 Å². The summed E-state index contributed by atoms with van der Waals surface area (Å²) in [6, 6.07) is 7.01. The zero-order valence-corrected chi connectivity index (χ0v) is 7.28. The van der Waals surface area contributed by atoms with E-state index in [-0.39, 0.29) is 12.4 Å². The van der Waals surface area contributed by atoms with Crippen LogP contribution in [0.4, 0.5) is 5.69 Å². The van der Waals surface area contributed by atoms with Gasteiger partial charge in [-0.3, -0.25) is 4.79 Å². The first-order chi connectivity index (χ1) is 6.27. The zero-order chi connectivity index (χ0) is 9.68. The lowest BCUT2D eigenvalue weighted by molar-refractivity contribution is -0.139. The van der Waals surface area contributed by atoms with Crippen molar-refractivity contribution in [2.45, 2.75) is 6.42 Å². The molecular weight excluding hydrogens is 166 g/mol. The number of benzene rings is 1. The van der Waals surface area contributed by atoms with Crippen molar-refractivity contribution in [1.29, 1.82) is 0 Å². The second kappa shape index (κ2) is 4.27. The van der Waals surface area contributed by atoms with Gasteiger partial charge in [-0.15, -0.1) is 0 Å². The van der Waals surface area contributed by atoms with Crippen LogP contribution in [0.2, 0.25) is 0 Å². The second-order valence-corrected chi connectivity index (χ2v) is 2.49. The lowest BCUT2D eigenvalue weighted by Gasteiger charge is -2.01. The van der Waals surface area contributed by atoms with Crippen LogP contribution in [0.5, 0.6) is 0 Å². The fraction of sp³-hybridized carbons (Fsp3) is 0.200. The summed E-state index contributed by atoms with van der Waals surface area (Å²) in [6.45, 7) is 6.86. The van der Waals surface area contributed by atoms with Gasteiger partial charge in [-0.2, -0.15) is 0 Å². The summed E-state index contributed by atoms with van der Waals surface area (Å²) in [6.07, 6.45) is 0.162. The Morgan fingerprint density at radius 1 is 1.54 bits per heavy atom. The first kappa shape index (κ1) is 9.27. The molecule has 0 aliphatic carbocycles. The van der Waals surface area contributed by atoms with E-state index in [0.29, 0.717) is 11.3 Å². The maximum Gasteiger partial charge on any atom is 0.308 e. The molecular formula is C10H9NO2. The fourth-order valence-electron chi connectivity index (χ4n) is 0.997. The molecule has 1 rings (SSSR count). The topological polar surface area (TPSA) is 30.7 Å². The quantitative estimate of drug-likeness (QED) is 0.508. The SMILES string of the molecule is [C-]#[N+]c1ccccc1CC(=O)OC. The van der Waals surface area contributed by atoms with Gasteiger partial charge in [0.05, 0.1) is 20.1 Å². The molecule has 0 amide bonds. The van der Waals surface area contributed by atoms with E-state index in [1.807, 2.05) is 0 Å². The van der Waals surface area contributed by atoms with E-state index in [9.17, 15) is 4.79 Å². The van der Waals surface area contributed by atoms with Crippen molar-refractivity contribution in [1.82, 2.24) is 0 Å². The van der Waals surface area contributed by atoms with Crippen molar-refractivity contribution in [3.8, 4) is 0 Å². The first-order valence-corrected chi connectivity index (χ1v) is 3.80. The number of esters is 1. The minimum atomic E-state index is -0.323. The fourth-order valence-corrected chi connectivity index (χ4v) is 0.997. The van der Waals surface area contributed by atoms with Crippen LogP contribution in [0.1, 0.15) is 5.56 Å². The molecule has 0 aromatic heterocycles. The molecule has 0 unspecified atom stereocenters. The van der Waals surface area contributed by atoms with Gasteiger partial charge in [-0.25, -0.2) is 4.85 Å². The Morgan fingerprint density at radius 2 is 2.23 bits per heavy atom. The van der Waals surface area contributed by atoms with Crippen LogP contribution in [0.25, 0.3) is 4.85 Å². The molecule has 0 bridgehead atoms. The number of hydrogen-bond donors (Lipinski definition) is 0. The maximum atomic E-state index is 10.9. The van der Waals surface area contributed by atoms with E-state index in [0.717, 1.165) is 0 Å². The van der Waals surface area contributed by atoms with Crippen molar-refractivity contribution in [3.63, 3.8) is 0 Å². The number of para-hydroxylation sites is 1. The number of carbonyl (C=O) groups is 1. The summed E-state index contributed by atoms with van der Waals surface area (Å²) in [5.74, 6) is -0.323. The van der Waals surface area contributed by atoms with Crippen LogP contribution < -0.4 is 0 Å². The lowest BCUT2D eigenvalue weighted by Crippen LogP contribution is -2.04. The minimum absolute atomic E-state index is 0.162. The van der Waals surface area contributed by atoms with Crippen molar-refractivity contribution < 1.29 is 9.53 Å². The number of carbonyl (C=O) groups excluding carboxylic acids is 1. The van der Waals surface area contributed by atoms with Gasteiger partial charge in [0.2, 0.25) is 0 Å². The molecule has 66 valence electrons. The molecule has 0 N–H and O–H groups in total. The highest BCUT2D eigenvalue weighted by atomic mass is 16.5. The van der Waals surface area contributed by atoms with Crippen molar-refractivity contribution in [3.05, 3.63) is 41.2 Å². The minimum Gasteiger partial charge on any atom is -0.469 e. The molecule has 0 fully saturated rings. The zero-order valence-electron chi connectivity index (χ0n) is 7.28. The molecule has 0 heterocycles. The van der Waals surface area contributed by atoms with Crippen molar-refractivity contribution >= 4 is 11.7 Å². The number of nitrogens with zero attached hydrogens (tertiary/aromatic N) is 1. The van der Waals surface area contributed by atoms with Crippen molar-refractivity contribution in [2.24, 2.45) is 0 Å². The predicted molar refractivity (Wildman–Crippen MR) is 48.4 cm³/mol.